The number of hydrogen-bond donors (Lipinski definition) is 0. The Morgan fingerprint density at radius 2 is 0.943 bits per heavy atom. The summed E-state index contributed by atoms with van der Waals surface area (Å²) in [5.41, 5.74) is 12.7. The van der Waals surface area contributed by atoms with Gasteiger partial charge in [-0.3, -0.25) is 0 Å². The molecule has 7 aromatic carbocycles. The van der Waals surface area contributed by atoms with Gasteiger partial charge in [-0.25, -0.2) is 15.0 Å². The van der Waals surface area contributed by atoms with E-state index in [2.05, 4.69) is 152 Å². The number of aromatic nitrogens is 3. The molecule has 0 atom stereocenters. The van der Waals surface area contributed by atoms with Crippen LogP contribution in [-0.2, 0) is 0 Å². The van der Waals surface area contributed by atoms with Crippen molar-refractivity contribution in [3.8, 4) is 44.9 Å². The van der Waals surface area contributed by atoms with Gasteiger partial charge in [0.15, 0.2) is 0 Å². The first kappa shape index (κ1) is 29.5. The number of benzene rings is 7. The van der Waals surface area contributed by atoms with Crippen LogP contribution in [0.1, 0.15) is 0 Å². The summed E-state index contributed by atoms with van der Waals surface area (Å²) >= 11 is 0. The van der Waals surface area contributed by atoms with E-state index in [4.69, 9.17) is 19.4 Å². The lowest BCUT2D eigenvalue weighted by molar-refractivity contribution is 0.670. The van der Waals surface area contributed by atoms with Crippen LogP contribution in [0.25, 0.3) is 110 Å². The fourth-order valence-electron chi connectivity index (χ4n) is 7.89. The molecule has 0 unspecified atom stereocenters. The van der Waals surface area contributed by atoms with Gasteiger partial charge >= 0.3 is 0 Å². The van der Waals surface area contributed by atoms with E-state index in [-0.39, 0.29) is 0 Å². The number of rotatable bonds is 4. The van der Waals surface area contributed by atoms with Crippen molar-refractivity contribution in [1.82, 2.24) is 15.0 Å². The lowest BCUT2D eigenvalue weighted by Crippen LogP contribution is -1.91. The fourth-order valence-corrected chi connectivity index (χ4v) is 7.89. The Kier molecular flexibility index (Phi) is 6.52. The van der Waals surface area contributed by atoms with E-state index >= 15 is 0 Å². The van der Waals surface area contributed by atoms with Crippen LogP contribution in [0.2, 0.25) is 0 Å². The summed E-state index contributed by atoms with van der Waals surface area (Å²) in [6.45, 7) is 0. The third-order valence-corrected chi connectivity index (χ3v) is 10.5. The molecular formula is C49H29N3O. The molecular weight excluding hydrogens is 647 g/mol. The van der Waals surface area contributed by atoms with Gasteiger partial charge < -0.3 is 4.42 Å². The molecule has 0 amide bonds. The van der Waals surface area contributed by atoms with Crippen LogP contribution >= 0.6 is 0 Å². The average molecular weight is 676 g/mol. The van der Waals surface area contributed by atoms with Crippen LogP contribution in [-0.4, -0.2) is 15.0 Å². The van der Waals surface area contributed by atoms with Gasteiger partial charge in [-0.1, -0.05) is 146 Å². The number of nitrogens with zero attached hydrogens (tertiary/aromatic N) is 3. The van der Waals surface area contributed by atoms with Gasteiger partial charge in [0, 0.05) is 60.0 Å². The minimum absolute atomic E-state index is 0.864. The Balaban J connectivity index is 1.04. The molecule has 4 heterocycles. The zero-order valence-corrected chi connectivity index (χ0v) is 28.5. The normalized spacial score (nSPS) is 11.8. The number of pyridine rings is 3. The Morgan fingerprint density at radius 1 is 0.358 bits per heavy atom. The third-order valence-electron chi connectivity index (χ3n) is 10.5. The SMILES string of the molecule is c1ccc(-c2ccc3ccc4ccc(-c5ccc(-c6cccc7c6oc6ccc8c(-c9ccccc9)nc9ccccc9c8c67)cc5)nc4c3n2)cc1. The molecule has 53 heavy (non-hydrogen) atoms. The maximum Gasteiger partial charge on any atom is 0.143 e. The minimum atomic E-state index is 0.864. The van der Waals surface area contributed by atoms with Crippen LogP contribution in [0.15, 0.2) is 180 Å². The predicted molar refractivity (Wildman–Crippen MR) is 219 cm³/mol. The first-order chi connectivity index (χ1) is 26.3. The van der Waals surface area contributed by atoms with Gasteiger partial charge in [-0.05, 0) is 35.9 Å². The quantitative estimate of drug-likeness (QED) is 0.174. The highest BCUT2D eigenvalue weighted by Gasteiger charge is 2.19. The number of furan rings is 1. The predicted octanol–water partition coefficient (Wildman–Crippen LogP) is 13.1. The maximum absolute atomic E-state index is 6.75. The van der Waals surface area contributed by atoms with Crippen LogP contribution < -0.4 is 0 Å². The van der Waals surface area contributed by atoms with Crippen LogP contribution in [0.3, 0.4) is 0 Å². The molecule has 0 aliphatic rings. The van der Waals surface area contributed by atoms with Crippen molar-refractivity contribution in [2.45, 2.75) is 0 Å². The Labute approximate surface area is 304 Å². The molecule has 0 bridgehead atoms. The molecule has 0 saturated heterocycles. The molecule has 11 aromatic rings. The van der Waals surface area contributed by atoms with Gasteiger partial charge in [0.1, 0.15) is 11.2 Å². The standard InChI is InChI=1S/C49H29N3O/c1-3-10-31(11-4-1)40-27-24-34-22-23-35-25-28-41(51-48(35)47(34)50-40)32-20-18-30(19-21-32)36-15-9-16-39-45-43(53-49(36)39)29-26-38-44(45)37-14-7-8-17-42(37)52-46(38)33-12-5-2-6-13-33/h1-29H. The van der Waals surface area contributed by atoms with E-state index in [1.54, 1.807) is 0 Å². The number of hydrogen-bond acceptors (Lipinski definition) is 4. The van der Waals surface area contributed by atoms with Gasteiger partial charge in [-0.15, -0.1) is 0 Å². The first-order valence-corrected chi connectivity index (χ1v) is 17.9. The molecule has 0 radical (unpaired) electrons. The van der Waals surface area contributed by atoms with E-state index in [0.29, 0.717) is 0 Å². The second kappa shape index (κ2) is 11.7. The fraction of sp³-hybridized carbons (Fsp3) is 0. The summed E-state index contributed by atoms with van der Waals surface area (Å²) < 4.78 is 6.75. The highest BCUT2D eigenvalue weighted by Crippen LogP contribution is 2.43. The molecule has 0 fully saturated rings. The van der Waals surface area contributed by atoms with Gasteiger partial charge in [0.05, 0.1) is 33.6 Å². The van der Waals surface area contributed by atoms with Crippen molar-refractivity contribution in [2.24, 2.45) is 0 Å². The first-order valence-electron chi connectivity index (χ1n) is 17.9. The van der Waals surface area contributed by atoms with Crippen LogP contribution in [0.5, 0.6) is 0 Å². The van der Waals surface area contributed by atoms with Crippen molar-refractivity contribution in [1.29, 1.82) is 0 Å². The van der Waals surface area contributed by atoms with Crippen LogP contribution in [0.4, 0.5) is 0 Å². The molecule has 0 spiro atoms. The van der Waals surface area contributed by atoms with Crippen molar-refractivity contribution in [2.75, 3.05) is 0 Å². The minimum Gasteiger partial charge on any atom is -0.455 e. The molecule has 4 heteroatoms. The summed E-state index contributed by atoms with van der Waals surface area (Å²) in [5, 5.41) is 7.74. The molecule has 0 saturated carbocycles. The summed E-state index contributed by atoms with van der Waals surface area (Å²) in [6, 6.07) is 61.2. The van der Waals surface area contributed by atoms with E-state index < -0.39 is 0 Å². The van der Waals surface area contributed by atoms with Crippen molar-refractivity contribution in [3.63, 3.8) is 0 Å². The van der Waals surface area contributed by atoms with E-state index in [1.807, 2.05) is 24.3 Å². The number of para-hydroxylation sites is 2. The molecule has 11 rings (SSSR count). The molecule has 246 valence electrons. The summed E-state index contributed by atoms with van der Waals surface area (Å²) in [6.07, 6.45) is 0. The Morgan fingerprint density at radius 3 is 1.66 bits per heavy atom. The van der Waals surface area contributed by atoms with Gasteiger partial charge in [0.2, 0.25) is 0 Å². The van der Waals surface area contributed by atoms with Gasteiger partial charge in [0.25, 0.3) is 0 Å². The highest BCUT2D eigenvalue weighted by molar-refractivity contribution is 6.29. The number of fused-ring (bicyclic) bond motifs is 10. The second-order valence-corrected chi connectivity index (χ2v) is 13.5. The Hall–Kier alpha value is -7.17. The lowest BCUT2D eigenvalue weighted by atomic mass is 9.95. The monoisotopic (exact) mass is 675 g/mol. The third kappa shape index (κ3) is 4.73. The second-order valence-electron chi connectivity index (χ2n) is 13.5. The largest absolute Gasteiger partial charge is 0.455 e. The van der Waals surface area contributed by atoms with E-state index in [9.17, 15) is 0 Å². The summed E-state index contributed by atoms with van der Waals surface area (Å²) in [5.74, 6) is 0. The molecule has 0 aliphatic carbocycles. The average Bonchev–Trinajstić information content (AvgIpc) is 3.63. The zero-order valence-electron chi connectivity index (χ0n) is 28.5. The highest BCUT2D eigenvalue weighted by atomic mass is 16.3. The molecule has 0 N–H and O–H groups in total. The summed E-state index contributed by atoms with van der Waals surface area (Å²) in [7, 11) is 0. The molecule has 4 nitrogen and oxygen atoms in total. The molecule has 0 aliphatic heterocycles. The Bertz CT molecular complexity index is 3200. The van der Waals surface area contributed by atoms with Gasteiger partial charge in [-0.2, -0.15) is 0 Å². The zero-order chi connectivity index (χ0) is 34.9. The van der Waals surface area contributed by atoms with Crippen molar-refractivity contribution in [3.05, 3.63) is 176 Å². The van der Waals surface area contributed by atoms with E-state index in [1.165, 1.54) is 5.39 Å². The smallest absolute Gasteiger partial charge is 0.143 e. The lowest BCUT2D eigenvalue weighted by Gasteiger charge is -2.11. The van der Waals surface area contributed by atoms with Crippen molar-refractivity contribution >= 4 is 65.4 Å². The van der Waals surface area contributed by atoms with Crippen LogP contribution in [0, 0.1) is 0 Å². The topological polar surface area (TPSA) is 51.8 Å². The van der Waals surface area contributed by atoms with Crippen molar-refractivity contribution < 1.29 is 4.42 Å². The van der Waals surface area contributed by atoms with E-state index in [0.717, 1.165) is 105 Å². The summed E-state index contributed by atoms with van der Waals surface area (Å²) in [4.78, 5) is 15.4. The maximum atomic E-state index is 6.75. The molecule has 4 aromatic heterocycles.